The van der Waals surface area contributed by atoms with E-state index < -0.39 is 5.67 Å². The molecule has 3 rings (SSSR count). The number of nitrogens with one attached hydrogen (secondary N) is 1. The van der Waals surface area contributed by atoms with Crippen LogP contribution >= 0.6 is 0 Å². The highest BCUT2D eigenvalue weighted by molar-refractivity contribution is 5.81. The molecule has 21 heavy (non-hydrogen) atoms. The molecule has 112 valence electrons. The van der Waals surface area contributed by atoms with Gasteiger partial charge in [-0.05, 0) is 50.4 Å². The molecule has 1 aliphatic rings. The molecule has 3 heteroatoms. The van der Waals surface area contributed by atoms with Crippen molar-refractivity contribution in [1.29, 1.82) is 0 Å². The van der Waals surface area contributed by atoms with Gasteiger partial charge in [-0.2, -0.15) is 0 Å². The minimum absolute atomic E-state index is 0.321. The first-order chi connectivity index (χ1) is 10.1. The Morgan fingerprint density at radius 1 is 1.29 bits per heavy atom. The molecule has 0 spiro atoms. The summed E-state index contributed by atoms with van der Waals surface area (Å²) in [4.78, 5) is 4.35. The third-order valence-corrected chi connectivity index (χ3v) is 4.38. The molecule has 0 radical (unpaired) electrons. The number of halogens is 1. The number of alkyl halides is 1. The van der Waals surface area contributed by atoms with Crippen LogP contribution in [-0.4, -0.2) is 23.2 Å². The summed E-state index contributed by atoms with van der Waals surface area (Å²) in [5, 5.41) is 4.52. The van der Waals surface area contributed by atoms with Crippen LogP contribution in [0.2, 0.25) is 0 Å². The highest BCUT2D eigenvalue weighted by Gasteiger charge is 2.29. The first kappa shape index (κ1) is 14.5. The second kappa shape index (κ2) is 6.10. The van der Waals surface area contributed by atoms with Gasteiger partial charge in [0.15, 0.2) is 0 Å². The predicted octanol–water partition coefficient (Wildman–Crippen LogP) is 4.04. The van der Waals surface area contributed by atoms with Crippen molar-refractivity contribution in [2.45, 2.75) is 50.7 Å². The van der Waals surface area contributed by atoms with E-state index >= 15 is 4.39 Å². The van der Waals surface area contributed by atoms with Crippen LogP contribution in [0.25, 0.3) is 10.9 Å². The van der Waals surface area contributed by atoms with E-state index in [0.29, 0.717) is 18.9 Å². The first-order valence-corrected chi connectivity index (χ1v) is 7.89. The number of pyridine rings is 1. The summed E-state index contributed by atoms with van der Waals surface area (Å²) in [6.45, 7) is 2.76. The van der Waals surface area contributed by atoms with Crippen LogP contribution in [0.15, 0.2) is 36.5 Å². The number of piperidine rings is 1. The normalized spacial score (nSPS) is 22.1. The van der Waals surface area contributed by atoms with E-state index in [4.69, 9.17) is 0 Å². The van der Waals surface area contributed by atoms with Crippen LogP contribution in [0, 0.1) is 0 Å². The summed E-state index contributed by atoms with van der Waals surface area (Å²) in [5.41, 5.74) is 0.821. The minimum atomic E-state index is -1.18. The van der Waals surface area contributed by atoms with Gasteiger partial charge in [0.05, 0.1) is 5.52 Å². The third kappa shape index (κ3) is 3.59. The number of benzene rings is 1. The average molecular weight is 286 g/mol. The zero-order valence-electron chi connectivity index (χ0n) is 12.6. The van der Waals surface area contributed by atoms with E-state index in [1.165, 1.54) is 12.8 Å². The van der Waals surface area contributed by atoms with E-state index in [1.54, 1.807) is 13.1 Å². The van der Waals surface area contributed by atoms with Crippen LogP contribution in [0.1, 0.15) is 38.2 Å². The summed E-state index contributed by atoms with van der Waals surface area (Å²) in [5.74, 6) is 0. The van der Waals surface area contributed by atoms with Crippen molar-refractivity contribution in [2.24, 2.45) is 0 Å². The summed E-state index contributed by atoms with van der Waals surface area (Å²) in [6, 6.07) is 10.3. The van der Waals surface area contributed by atoms with Gasteiger partial charge in [-0.15, -0.1) is 0 Å². The Morgan fingerprint density at radius 2 is 2.14 bits per heavy atom. The first-order valence-electron chi connectivity index (χ1n) is 7.89. The number of fused-ring (bicyclic) bond motifs is 1. The molecule has 1 saturated heterocycles. The molecule has 1 fully saturated rings. The smallest absolute Gasteiger partial charge is 0.113 e. The lowest BCUT2D eigenvalue weighted by Crippen LogP contribution is -2.40. The van der Waals surface area contributed by atoms with Crippen molar-refractivity contribution in [1.82, 2.24) is 10.3 Å². The summed E-state index contributed by atoms with van der Waals surface area (Å²) >= 11 is 0. The van der Waals surface area contributed by atoms with Crippen molar-refractivity contribution in [2.75, 3.05) is 6.54 Å². The molecule has 2 nitrogen and oxygen atoms in total. The van der Waals surface area contributed by atoms with Crippen LogP contribution in [0.4, 0.5) is 4.39 Å². The number of aromatic nitrogens is 1. The van der Waals surface area contributed by atoms with Gasteiger partial charge in [0, 0.05) is 24.0 Å². The fourth-order valence-corrected chi connectivity index (χ4v) is 3.39. The molecule has 1 aromatic carbocycles. The lowest BCUT2D eigenvalue weighted by atomic mass is 9.87. The van der Waals surface area contributed by atoms with Crippen LogP contribution < -0.4 is 5.32 Å². The zero-order valence-corrected chi connectivity index (χ0v) is 12.6. The van der Waals surface area contributed by atoms with Gasteiger partial charge in [-0.1, -0.05) is 24.6 Å². The van der Waals surface area contributed by atoms with Crippen LogP contribution in [-0.2, 0) is 6.42 Å². The van der Waals surface area contributed by atoms with Gasteiger partial charge in [0.1, 0.15) is 5.67 Å². The van der Waals surface area contributed by atoms with Gasteiger partial charge in [0.25, 0.3) is 0 Å². The third-order valence-electron chi connectivity index (χ3n) is 4.38. The molecule has 0 aliphatic carbocycles. The molecule has 1 aromatic heterocycles. The van der Waals surface area contributed by atoms with E-state index in [-0.39, 0.29) is 0 Å². The lowest BCUT2D eigenvalue weighted by molar-refractivity contribution is 0.146. The van der Waals surface area contributed by atoms with Crippen LogP contribution in [0.5, 0.6) is 0 Å². The molecular formula is C18H23FN2. The second-order valence-electron chi connectivity index (χ2n) is 6.43. The topological polar surface area (TPSA) is 24.9 Å². The maximum absolute atomic E-state index is 15.0. The monoisotopic (exact) mass is 286 g/mol. The second-order valence-corrected chi connectivity index (χ2v) is 6.43. The number of para-hydroxylation sites is 1. The molecule has 2 heterocycles. The Labute approximate surface area is 125 Å². The molecule has 2 aromatic rings. The molecular weight excluding hydrogens is 263 g/mol. The summed E-state index contributed by atoms with van der Waals surface area (Å²) < 4.78 is 15.0. The highest BCUT2D eigenvalue weighted by atomic mass is 19.1. The maximum Gasteiger partial charge on any atom is 0.113 e. The van der Waals surface area contributed by atoms with Crippen LogP contribution in [0.3, 0.4) is 0 Å². The molecule has 0 saturated carbocycles. The van der Waals surface area contributed by atoms with Crippen molar-refractivity contribution < 1.29 is 4.39 Å². The zero-order chi connectivity index (χ0) is 14.7. The average Bonchev–Trinajstić information content (AvgIpc) is 2.48. The van der Waals surface area contributed by atoms with E-state index in [0.717, 1.165) is 29.4 Å². The molecule has 1 aliphatic heterocycles. The Morgan fingerprint density at radius 3 is 2.95 bits per heavy atom. The molecule has 1 N–H and O–H groups in total. The molecule has 0 bridgehead atoms. The predicted molar refractivity (Wildman–Crippen MR) is 85.2 cm³/mol. The number of nitrogens with zero attached hydrogens (tertiary/aromatic N) is 1. The van der Waals surface area contributed by atoms with Gasteiger partial charge < -0.3 is 5.32 Å². The quantitative estimate of drug-likeness (QED) is 0.917. The van der Waals surface area contributed by atoms with Gasteiger partial charge >= 0.3 is 0 Å². The highest BCUT2D eigenvalue weighted by Crippen LogP contribution is 2.28. The fourth-order valence-electron chi connectivity index (χ4n) is 3.39. The standard InChI is InChI=1S/C18H23FN2/c1-18(19,13-15-6-4-5-10-20-15)12-14-9-11-21-17-8-3-2-7-16(14)17/h2-3,7-9,11,15,20H,4-6,10,12-13H2,1H3. The Balaban J connectivity index is 1.76. The van der Waals surface area contributed by atoms with E-state index in [1.807, 2.05) is 30.3 Å². The Hall–Kier alpha value is -1.48. The van der Waals surface area contributed by atoms with Gasteiger partial charge in [-0.25, -0.2) is 4.39 Å². The van der Waals surface area contributed by atoms with Crippen molar-refractivity contribution in [3.8, 4) is 0 Å². The summed E-state index contributed by atoms with van der Waals surface area (Å²) in [6.07, 6.45) is 6.35. The molecule has 2 atom stereocenters. The minimum Gasteiger partial charge on any atom is -0.314 e. The van der Waals surface area contributed by atoms with Gasteiger partial charge in [0.2, 0.25) is 0 Å². The number of hydrogen-bond donors (Lipinski definition) is 1. The molecule has 2 unspecified atom stereocenters. The van der Waals surface area contributed by atoms with Gasteiger partial charge in [-0.3, -0.25) is 4.98 Å². The Kier molecular flexibility index (Phi) is 4.20. The number of rotatable bonds is 4. The molecule has 0 amide bonds. The SMILES string of the molecule is CC(F)(Cc1ccnc2ccccc12)CC1CCCCN1. The number of hydrogen-bond acceptors (Lipinski definition) is 2. The maximum atomic E-state index is 15.0. The lowest BCUT2D eigenvalue weighted by Gasteiger charge is -2.30. The van der Waals surface area contributed by atoms with E-state index in [2.05, 4.69) is 10.3 Å². The summed E-state index contributed by atoms with van der Waals surface area (Å²) in [7, 11) is 0. The largest absolute Gasteiger partial charge is 0.314 e. The van der Waals surface area contributed by atoms with E-state index in [9.17, 15) is 0 Å². The van der Waals surface area contributed by atoms with Crippen molar-refractivity contribution >= 4 is 10.9 Å². The van der Waals surface area contributed by atoms with Crippen molar-refractivity contribution in [3.63, 3.8) is 0 Å². The van der Waals surface area contributed by atoms with Crippen molar-refractivity contribution in [3.05, 3.63) is 42.1 Å². The fraction of sp³-hybridized carbons (Fsp3) is 0.500. The Bertz CT molecular complexity index is 598.